The molecule has 2 fully saturated rings. The molecule has 1 saturated carbocycles. The van der Waals surface area contributed by atoms with Gasteiger partial charge in [-0.15, -0.1) is 0 Å². The summed E-state index contributed by atoms with van der Waals surface area (Å²) < 4.78 is 5.74. The van der Waals surface area contributed by atoms with Crippen LogP contribution >= 0.6 is 0 Å². The number of aliphatic hydroxyl groups excluding tert-OH is 1. The molecule has 5 nitrogen and oxygen atoms in total. The van der Waals surface area contributed by atoms with Gasteiger partial charge in [-0.05, 0) is 44.4 Å². The molecule has 1 aliphatic heterocycles. The van der Waals surface area contributed by atoms with Crippen LogP contribution in [0, 0.1) is 6.92 Å². The van der Waals surface area contributed by atoms with Crippen LogP contribution in [-0.2, 0) is 0 Å². The number of piperazine rings is 1. The van der Waals surface area contributed by atoms with Gasteiger partial charge in [-0.3, -0.25) is 9.69 Å². The number of rotatable bonds is 2. The lowest BCUT2D eigenvalue weighted by atomic mass is 10.1. The Labute approximate surface area is 141 Å². The predicted octanol–water partition coefficient (Wildman–Crippen LogP) is 2.41. The topological polar surface area (TPSA) is 56.9 Å². The first-order valence-corrected chi connectivity index (χ1v) is 8.83. The van der Waals surface area contributed by atoms with Gasteiger partial charge in [0.2, 0.25) is 0 Å². The number of aryl methyl sites for hydroxylation is 1. The number of benzene rings is 1. The molecular weight excluding hydrogens is 304 g/mol. The van der Waals surface area contributed by atoms with Crippen LogP contribution in [0.4, 0.5) is 0 Å². The number of hydrogen-bond donors (Lipinski definition) is 1. The highest BCUT2D eigenvalue weighted by molar-refractivity contribution is 5.96. The molecular formula is C19H24N2O3. The molecule has 5 heteroatoms. The van der Waals surface area contributed by atoms with Gasteiger partial charge in [0.1, 0.15) is 5.58 Å². The van der Waals surface area contributed by atoms with Crippen molar-refractivity contribution >= 4 is 16.9 Å². The molecule has 4 rings (SSSR count). The number of carbonyl (C=O) groups is 1. The first kappa shape index (κ1) is 15.7. The maximum absolute atomic E-state index is 12.7. The number of hydrogen-bond acceptors (Lipinski definition) is 4. The molecule has 2 aromatic rings. The molecule has 0 unspecified atom stereocenters. The standard InChI is InChI=1S/C19H24N2O3/c1-13-5-6-17-14(11-13)12-18(24-17)19(23)21-9-7-20(8-10-21)15-3-2-4-16(15)22/h5-6,11-12,15-16,22H,2-4,7-10H2,1H3/t15-,16+/m0/s1. The van der Waals surface area contributed by atoms with Crippen molar-refractivity contribution in [1.29, 1.82) is 0 Å². The van der Waals surface area contributed by atoms with Crippen LogP contribution in [0.25, 0.3) is 11.0 Å². The lowest BCUT2D eigenvalue weighted by molar-refractivity contribution is 0.0303. The summed E-state index contributed by atoms with van der Waals surface area (Å²) in [6, 6.07) is 8.07. The maximum Gasteiger partial charge on any atom is 0.289 e. The summed E-state index contributed by atoms with van der Waals surface area (Å²) in [5, 5.41) is 11.0. The number of amides is 1. The van der Waals surface area contributed by atoms with Crippen LogP contribution in [0.15, 0.2) is 28.7 Å². The highest BCUT2D eigenvalue weighted by Gasteiger charge is 2.33. The average Bonchev–Trinajstić information content (AvgIpc) is 3.20. The fourth-order valence-electron chi connectivity index (χ4n) is 4.03. The number of carbonyl (C=O) groups excluding carboxylic acids is 1. The molecule has 1 amide bonds. The Morgan fingerprint density at radius 2 is 1.96 bits per heavy atom. The Bertz CT molecular complexity index is 746. The van der Waals surface area contributed by atoms with Crippen molar-refractivity contribution in [2.24, 2.45) is 0 Å². The van der Waals surface area contributed by atoms with Gasteiger partial charge in [0.25, 0.3) is 5.91 Å². The molecule has 0 bridgehead atoms. The molecule has 0 radical (unpaired) electrons. The molecule has 24 heavy (non-hydrogen) atoms. The van der Waals surface area contributed by atoms with Gasteiger partial charge in [-0.1, -0.05) is 11.6 Å². The second kappa shape index (κ2) is 6.22. The van der Waals surface area contributed by atoms with Crippen molar-refractivity contribution in [1.82, 2.24) is 9.80 Å². The van der Waals surface area contributed by atoms with Crippen LogP contribution in [-0.4, -0.2) is 59.1 Å². The number of aliphatic hydroxyl groups is 1. The van der Waals surface area contributed by atoms with Gasteiger partial charge in [0.15, 0.2) is 5.76 Å². The summed E-state index contributed by atoms with van der Waals surface area (Å²) in [6.45, 7) is 5.07. The summed E-state index contributed by atoms with van der Waals surface area (Å²) in [6.07, 6.45) is 2.87. The van der Waals surface area contributed by atoms with Crippen LogP contribution in [0.2, 0.25) is 0 Å². The van der Waals surface area contributed by atoms with Crippen LogP contribution in [0.1, 0.15) is 35.4 Å². The van der Waals surface area contributed by atoms with E-state index in [0.29, 0.717) is 18.8 Å². The highest BCUT2D eigenvalue weighted by Crippen LogP contribution is 2.26. The molecule has 2 atom stereocenters. The van der Waals surface area contributed by atoms with E-state index in [1.54, 1.807) is 0 Å². The fraction of sp³-hybridized carbons (Fsp3) is 0.526. The third kappa shape index (κ3) is 2.82. The monoisotopic (exact) mass is 328 g/mol. The van der Waals surface area contributed by atoms with E-state index in [0.717, 1.165) is 48.9 Å². The summed E-state index contributed by atoms with van der Waals surface area (Å²) >= 11 is 0. The maximum atomic E-state index is 12.7. The molecule has 1 N–H and O–H groups in total. The van der Waals surface area contributed by atoms with E-state index in [1.807, 2.05) is 36.1 Å². The van der Waals surface area contributed by atoms with Gasteiger partial charge in [-0.25, -0.2) is 0 Å². The van der Waals surface area contributed by atoms with E-state index in [1.165, 1.54) is 0 Å². The van der Waals surface area contributed by atoms with Crippen molar-refractivity contribution in [2.45, 2.75) is 38.3 Å². The molecule has 2 heterocycles. The van der Waals surface area contributed by atoms with Gasteiger partial charge >= 0.3 is 0 Å². The molecule has 0 spiro atoms. The minimum absolute atomic E-state index is 0.0320. The van der Waals surface area contributed by atoms with Crippen molar-refractivity contribution in [2.75, 3.05) is 26.2 Å². The summed E-state index contributed by atoms with van der Waals surface area (Å²) in [4.78, 5) is 16.9. The molecule has 2 aliphatic rings. The zero-order valence-electron chi connectivity index (χ0n) is 14.1. The lowest BCUT2D eigenvalue weighted by Crippen LogP contribution is -2.53. The smallest absolute Gasteiger partial charge is 0.289 e. The zero-order valence-corrected chi connectivity index (χ0v) is 14.1. The Kier molecular flexibility index (Phi) is 4.06. The average molecular weight is 328 g/mol. The van der Waals surface area contributed by atoms with Crippen molar-refractivity contribution in [3.05, 3.63) is 35.6 Å². The minimum Gasteiger partial charge on any atom is -0.451 e. The molecule has 1 saturated heterocycles. The normalized spacial score (nSPS) is 25.5. The first-order chi connectivity index (χ1) is 11.6. The fourth-order valence-corrected chi connectivity index (χ4v) is 4.03. The third-order valence-electron chi connectivity index (χ3n) is 5.40. The quantitative estimate of drug-likeness (QED) is 0.920. The Balaban J connectivity index is 1.43. The Hall–Kier alpha value is -1.85. The van der Waals surface area contributed by atoms with E-state index in [-0.39, 0.29) is 18.1 Å². The van der Waals surface area contributed by atoms with Crippen molar-refractivity contribution in [3.63, 3.8) is 0 Å². The van der Waals surface area contributed by atoms with Crippen LogP contribution in [0.3, 0.4) is 0 Å². The first-order valence-electron chi connectivity index (χ1n) is 8.83. The third-order valence-corrected chi connectivity index (χ3v) is 5.40. The zero-order chi connectivity index (χ0) is 16.7. The van der Waals surface area contributed by atoms with Gasteiger partial charge in [0, 0.05) is 37.6 Å². The SMILES string of the molecule is Cc1ccc2oc(C(=O)N3CCN([C@H]4CCC[C@H]4O)CC3)cc2c1. The minimum atomic E-state index is -0.203. The van der Waals surface area contributed by atoms with E-state index in [9.17, 15) is 9.90 Å². The van der Waals surface area contributed by atoms with E-state index < -0.39 is 0 Å². The number of furan rings is 1. The molecule has 1 aromatic carbocycles. The second-order valence-electron chi connectivity index (χ2n) is 7.05. The van der Waals surface area contributed by atoms with E-state index in [2.05, 4.69) is 4.90 Å². The number of nitrogens with zero attached hydrogens (tertiary/aromatic N) is 2. The summed E-state index contributed by atoms with van der Waals surface area (Å²) in [5.41, 5.74) is 1.92. The summed E-state index contributed by atoms with van der Waals surface area (Å²) in [7, 11) is 0. The van der Waals surface area contributed by atoms with E-state index >= 15 is 0 Å². The highest BCUT2D eigenvalue weighted by atomic mass is 16.3. The van der Waals surface area contributed by atoms with Crippen LogP contribution in [0.5, 0.6) is 0 Å². The molecule has 1 aliphatic carbocycles. The Morgan fingerprint density at radius 1 is 1.17 bits per heavy atom. The van der Waals surface area contributed by atoms with E-state index in [4.69, 9.17) is 4.42 Å². The molecule has 1 aromatic heterocycles. The summed E-state index contributed by atoms with van der Waals surface area (Å²) in [5.74, 6) is 0.389. The predicted molar refractivity (Wildman–Crippen MR) is 92.1 cm³/mol. The Morgan fingerprint density at radius 3 is 2.67 bits per heavy atom. The van der Waals surface area contributed by atoms with Crippen LogP contribution < -0.4 is 0 Å². The van der Waals surface area contributed by atoms with Crippen molar-refractivity contribution in [3.8, 4) is 0 Å². The lowest BCUT2D eigenvalue weighted by Gasteiger charge is -2.38. The molecule has 128 valence electrons. The second-order valence-corrected chi connectivity index (χ2v) is 7.05. The largest absolute Gasteiger partial charge is 0.451 e. The number of fused-ring (bicyclic) bond motifs is 1. The van der Waals surface area contributed by atoms with Gasteiger partial charge < -0.3 is 14.4 Å². The van der Waals surface area contributed by atoms with Gasteiger partial charge in [-0.2, -0.15) is 0 Å². The van der Waals surface area contributed by atoms with Gasteiger partial charge in [0.05, 0.1) is 6.10 Å². The van der Waals surface area contributed by atoms with Crippen molar-refractivity contribution < 1.29 is 14.3 Å².